The highest BCUT2D eigenvalue weighted by molar-refractivity contribution is 6.04. The molecule has 3 aliphatic rings. The average Bonchev–Trinajstić information content (AvgIpc) is 3.72. The standard InChI is InChI=1S/C32H25N3O/c33-19-25(20-34)28(23-15-16-23)30-27-18-17-21-9-7-8-14-26(21)35(27)31(29(30)22-10-3-1-4-11-22)32(36)24-12-5-2-6-13-24/h1-14,17-18,23,27,29-31H,15-16H2/t27-,29+,30+,31+/m0/s1. The third-order valence-corrected chi connectivity index (χ3v) is 7.80. The summed E-state index contributed by atoms with van der Waals surface area (Å²) in [5.74, 6) is -0.0790. The predicted octanol–water partition coefficient (Wildman–Crippen LogP) is 6.31. The Hall–Kier alpha value is -4.41. The molecule has 1 saturated carbocycles. The summed E-state index contributed by atoms with van der Waals surface area (Å²) in [4.78, 5) is 16.6. The third-order valence-electron chi connectivity index (χ3n) is 7.80. The predicted molar refractivity (Wildman–Crippen MR) is 140 cm³/mol. The molecule has 0 unspecified atom stereocenters. The molecule has 1 saturated heterocycles. The molecule has 0 bridgehead atoms. The van der Waals surface area contributed by atoms with Gasteiger partial charge in [0.15, 0.2) is 5.78 Å². The van der Waals surface area contributed by atoms with Gasteiger partial charge in [0.05, 0.1) is 6.04 Å². The van der Waals surface area contributed by atoms with Crippen molar-refractivity contribution in [1.82, 2.24) is 0 Å². The zero-order valence-corrected chi connectivity index (χ0v) is 19.8. The summed E-state index contributed by atoms with van der Waals surface area (Å²) in [6.07, 6.45) is 6.26. The fraction of sp³-hybridized carbons (Fsp3) is 0.219. The molecule has 0 amide bonds. The molecular formula is C32H25N3O. The van der Waals surface area contributed by atoms with Crippen molar-refractivity contribution >= 4 is 17.5 Å². The van der Waals surface area contributed by atoms with Gasteiger partial charge in [-0.15, -0.1) is 0 Å². The second-order valence-electron chi connectivity index (χ2n) is 9.78. The smallest absolute Gasteiger partial charge is 0.185 e. The van der Waals surface area contributed by atoms with Crippen molar-refractivity contribution in [2.24, 2.45) is 11.8 Å². The summed E-state index contributed by atoms with van der Waals surface area (Å²) in [6.45, 7) is 0. The molecule has 174 valence electrons. The third kappa shape index (κ3) is 3.55. The Bertz CT molecular complexity index is 1440. The number of carbonyl (C=O) groups is 1. The number of fused-ring (bicyclic) bond motifs is 3. The number of ketones is 1. The second-order valence-corrected chi connectivity index (χ2v) is 9.78. The van der Waals surface area contributed by atoms with Crippen LogP contribution in [0.15, 0.2) is 102 Å². The minimum Gasteiger partial charge on any atom is -0.353 e. The van der Waals surface area contributed by atoms with Gasteiger partial charge in [-0.3, -0.25) is 4.79 Å². The van der Waals surface area contributed by atoms with Crippen LogP contribution in [0, 0.1) is 34.5 Å². The lowest BCUT2D eigenvalue weighted by molar-refractivity contribution is 0.0952. The first-order valence-electron chi connectivity index (χ1n) is 12.5. The van der Waals surface area contributed by atoms with Crippen molar-refractivity contribution in [2.75, 3.05) is 4.90 Å². The summed E-state index contributed by atoms with van der Waals surface area (Å²) in [6, 6.07) is 31.6. The van der Waals surface area contributed by atoms with E-state index < -0.39 is 6.04 Å². The van der Waals surface area contributed by atoms with Crippen molar-refractivity contribution in [3.8, 4) is 12.1 Å². The lowest BCUT2D eigenvalue weighted by Gasteiger charge is -2.36. The summed E-state index contributed by atoms with van der Waals surface area (Å²) in [5.41, 5.74) is 4.97. The van der Waals surface area contributed by atoms with Crippen LogP contribution >= 0.6 is 0 Å². The Balaban J connectivity index is 1.63. The first-order chi connectivity index (χ1) is 17.7. The molecule has 0 radical (unpaired) electrons. The maximum atomic E-state index is 14.3. The maximum Gasteiger partial charge on any atom is 0.185 e. The largest absolute Gasteiger partial charge is 0.353 e. The average molecular weight is 468 g/mol. The zero-order valence-electron chi connectivity index (χ0n) is 19.8. The van der Waals surface area contributed by atoms with E-state index in [4.69, 9.17) is 0 Å². The molecule has 2 fully saturated rings. The number of rotatable bonds is 5. The van der Waals surface area contributed by atoms with Crippen molar-refractivity contribution in [3.05, 3.63) is 119 Å². The van der Waals surface area contributed by atoms with Gasteiger partial charge in [-0.05, 0) is 41.5 Å². The van der Waals surface area contributed by atoms with Gasteiger partial charge in [-0.25, -0.2) is 0 Å². The highest BCUT2D eigenvalue weighted by Crippen LogP contribution is 2.56. The number of nitriles is 2. The molecule has 36 heavy (non-hydrogen) atoms. The maximum absolute atomic E-state index is 14.3. The molecule has 2 heterocycles. The minimum atomic E-state index is -0.469. The molecule has 2 aliphatic heterocycles. The second kappa shape index (κ2) is 8.99. The van der Waals surface area contributed by atoms with E-state index in [0.29, 0.717) is 5.56 Å². The quantitative estimate of drug-likeness (QED) is 0.326. The van der Waals surface area contributed by atoms with Crippen LogP contribution in [0.3, 0.4) is 0 Å². The van der Waals surface area contributed by atoms with Gasteiger partial charge in [0.2, 0.25) is 0 Å². The van der Waals surface area contributed by atoms with Crippen LogP contribution in [0.25, 0.3) is 6.08 Å². The van der Waals surface area contributed by atoms with Crippen LogP contribution in [0.5, 0.6) is 0 Å². The van der Waals surface area contributed by atoms with Crippen molar-refractivity contribution in [2.45, 2.75) is 30.8 Å². The summed E-state index contributed by atoms with van der Waals surface area (Å²) in [7, 11) is 0. The number of para-hydroxylation sites is 1. The SMILES string of the molecule is N#CC(C#N)=C(C1CC1)[C@@H]1[C@@H](c2ccccc2)[C@H](C(=O)c2ccccc2)N2c3ccccc3C=C[C@@H]12. The van der Waals surface area contributed by atoms with Crippen LogP contribution in [0.4, 0.5) is 5.69 Å². The molecule has 1 aliphatic carbocycles. The minimum absolute atomic E-state index is 0.0627. The summed E-state index contributed by atoms with van der Waals surface area (Å²) < 4.78 is 0. The van der Waals surface area contributed by atoms with Gasteiger partial charge in [0.1, 0.15) is 23.8 Å². The molecule has 3 aromatic carbocycles. The molecule has 6 rings (SSSR count). The molecule has 4 nitrogen and oxygen atoms in total. The fourth-order valence-corrected chi connectivity index (χ4v) is 6.23. The van der Waals surface area contributed by atoms with Gasteiger partial charge in [-0.2, -0.15) is 10.5 Å². The number of carbonyl (C=O) groups excluding carboxylic acids is 1. The van der Waals surface area contributed by atoms with E-state index in [0.717, 1.165) is 35.2 Å². The Morgan fingerprint density at radius 3 is 2.14 bits per heavy atom. The van der Waals surface area contributed by atoms with Gasteiger partial charge >= 0.3 is 0 Å². The molecule has 3 aromatic rings. The zero-order chi connectivity index (χ0) is 24.6. The summed E-state index contributed by atoms with van der Waals surface area (Å²) >= 11 is 0. The number of benzene rings is 3. The van der Waals surface area contributed by atoms with E-state index in [1.807, 2.05) is 60.7 Å². The Morgan fingerprint density at radius 2 is 1.47 bits per heavy atom. The van der Waals surface area contributed by atoms with Gasteiger partial charge < -0.3 is 4.90 Å². The summed E-state index contributed by atoms with van der Waals surface area (Å²) in [5, 5.41) is 19.9. The van der Waals surface area contributed by atoms with E-state index in [2.05, 4.69) is 53.5 Å². The van der Waals surface area contributed by atoms with Gasteiger partial charge in [0, 0.05) is 23.1 Å². The highest BCUT2D eigenvalue weighted by atomic mass is 16.1. The Morgan fingerprint density at radius 1 is 0.833 bits per heavy atom. The Labute approximate surface area is 211 Å². The normalized spacial score (nSPS) is 23.7. The number of Topliss-reactive ketones (excluding diaryl/α,β-unsaturated/α-hetero) is 1. The fourth-order valence-electron chi connectivity index (χ4n) is 6.23. The number of anilines is 1. The number of allylic oxidation sites excluding steroid dienone is 1. The van der Waals surface area contributed by atoms with Crippen LogP contribution in [0.1, 0.15) is 40.2 Å². The van der Waals surface area contributed by atoms with E-state index in [9.17, 15) is 15.3 Å². The molecule has 4 heteroatoms. The molecule has 4 atom stereocenters. The van der Waals surface area contributed by atoms with E-state index >= 15 is 0 Å². The number of hydrogen-bond donors (Lipinski definition) is 0. The first-order valence-corrected chi connectivity index (χ1v) is 12.5. The van der Waals surface area contributed by atoms with E-state index in [1.165, 1.54) is 0 Å². The first kappa shape index (κ1) is 22.1. The van der Waals surface area contributed by atoms with Crippen LogP contribution in [0.2, 0.25) is 0 Å². The number of hydrogen-bond acceptors (Lipinski definition) is 4. The van der Waals surface area contributed by atoms with Crippen LogP contribution in [-0.2, 0) is 0 Å². The van der Waals surface area contributed by atoms with Gasteiger partial charge in [-0.1, -0.05) is 91.0 Å². The molecular weight excluding hydrogens is 442 g/mol. The monoisotopic (exact) mass is 467 g/mol. The topological polar surface area (TPSA) is 67.9 Å². The van der Waals surface area contributed by atoms with Gasteiger partial charge in [0.25, 0.3) is 0 Å². The van der Waals surface area contributed by atoms with E-state index in [-0.39, 0.29) is 35.2 Å². The molecule has 0 N–H and O–H groups in total. The molecule has 0 aromatic heterocycles. The van der Waals surface area contributed by atoms with Crippen molar-refractivity contribution in [1.29, 1.82) is 10.5 Å². The highest BCUT2D eigenvalue weighted by Gasteiger charge is 2.56. The van der Waals surface area contributed by atoms with E-state index in [1.54, 1.807) is 0 Å². The van der Waals surface area contributed by atoms with Crippen molar-refractivity contribution < 1.29 is 4.79 Å². The Kier molecular flexibility index (Phi) is 5.51. The van der Waals surface area contributed by atoms with Crippen LogP contribution < -0.4 is 4.90 Å². The molecule has 0 spiro atoms. The van der Waals surface area contributed by atoms with Crippen molar-refractivity contribution in [3.63, 3.8) is 0 Å². The lowest BCUT2D eigenvalue weighted by Crippen LogP contribution is -2.43. The lowest BCUT2D eigenvalue weighted by atomic mass is 9.73. The van der Waals surface area contributed by atoms with Crippen LogP contribution in [-0.4, -0.2) is 17.9 Å². The number of nitrogens with zero attached hydrogens (tertiary/aromatic N) is 3.